The lowest BCUT2D eigenvalue weighted by Crippen LogP contribution is -2.07. The molecule has 50 valence electrons. The molecule has 0 atom stereocenters. The van der Waals surface area contributed by atoms with Gasteiger partial charge in [-0.3, -0.25) is 5.21 Å². The number of nitrogens with zero attached hydrogens (tertiary/aromatic N) is 1. The van der Waals surface area contributed by atoms with Crippen molar-refractivity contribution in [1.82, 2.24) is 4.68 Å². The number of aromatic nitrogens is 1. The minimum Gasteiger partial charge on any atom is -0.493 e. The van der Waals surface area contributed by atoms with Gasteiger partial charge in [-0.1, -0.05) is 0 Å². The first-order chi connectivity index (χ1) is 4.25. The fourth-order valence-electron chi connectivity index (χ4n) is 0.394. The van der Waals surface area contributed by atoms with Crippen LogP contribution in [0.4, 0.5) is 0 Å². The van der Waals surface area contributed by atoms with E-state index in [0.29, 0.717) is 3.95 Å². The summed E-state index contributed by atoms with van der Waals surface area (Å²) in [7, 11) is 0. The Labute approximate surface area is 59.9 Å². The third-order valence-electron chi connectivity index (χ3n) is 0.777. The van der Waals surface area contributed by atoms with E-state index >= 15 is 0 Å². The van der Waals surface area contributed by atoms with E-state index in [-0.39, 0.29) is 5.88 Å². The van der Waals surface area contributed by atoms with E-state index in [1.165, 1.54) is 5.38 Å². The van der Waals surface area contributed by atoms with Gasteiger partial charge in [-0.2, -0.15) is 4.68 Å². The molecular formula is C3H4N2O2S2. The molecule has 1 aromatic heterocycles. The lowest BCUT2D eigenvalue weighted by Gasteiger charge is -1.96. The predicted octanol–water partition coefficient (Wildman–Crippen LogP) is 0.917. The van der Waals surface area contributed by atoms with Crippen molar-refractivity contribution in [2.24, 2.45) is 0 Å². The van der Waals surface area contributed by atoms with E-state index in [9.17, 15) is 0 Å². The van der Waals surface area contributed by atoms with Gasteiger partial charge in [0.2, 0.25) is 5.88 Å². The summed E-state index contributed by atoms with van der Waals surface area (Å²) in [4.78, 5) is 0. The summed E-state index contributed by atoms with van der Waals surface area (Å²) in [5, 5.41) is 18.5. The average molecular weight is 164 g/mol. The maximum Gasteiger partial charge on any atom is 0.224 e. The Kier molecular flexibility index (Phi) is 1.70. The minimum atomic E-state index is -0.0903. The molecule has 6 heteroatoms. The highest BCUT2D eigenvalue weighted by molar-refractivity contribution is 7.73. The Morgan fingerprint density at radius 3 is 2.67 bits per heavy atom. The lowest BCUT2D eigenvalue weighted by molar-refractivity contribution is 0.294. The van der Waals surface area contributed by atoms with Gasteiger partial charge in [-0.05, 0) is 12.2 Å². The van der Waals surface area contributed by atoms with Crippen LogP contribution in [0, 0.1) is 3.95 Å². The molecule has 0 aliphatic heterocycles. The van der Waals surface area contributed by atoms with Crippen LogP contribution in [0.1, 0.15) is 0 Å². The minimum absolute atomic E-state index is 0.0903. The van der Waals surface area contributed by atoms with Gasteiger partial charge in [-0.15, -0.1) is 11.3 Å². The van der Waals surface area contributed by atoms with Crippen LogP contribution >= 0.6 is 23.6 Å². The van der Waals surface area contributed by atoms with Crippen LogP contribution in [0.15, 0.2) is 5.38 Å². The molecule has 1 aromatic rings. The van der Waals surface area contributed by atoms with Crippen molar-refractivity contribution < 1.29 is 10.3 Å². The first-order valence-electron chi connectivity index (χ1n) is 2.05. The number of nitrogens with one attached hydrogen (secondary N) is 1. The zero-order valence-electron chi connectivity index (χ0n) is 4.24. The van der Waals surface area contributed by atoms with Gasteiger partial charge >= 0.3 is 0 Å². The second-order valence-corrected chi connectivity index (χ2v) is 2.80. The SMILES string of the molecule is ONn1c(O)csc1=S. The quantitative estimate of drug-likeness (QED) is 0.426. The molecule has 9 heavy (non-hydrogen) atoms. The van der Waals surface area contributed by atoms with Gasteiger partial charge in [0.05, 0.1) is 5.38 Å². The Bertz CT molecular complexity index is 253. The summed E-state index contributed by atoms with van der Waals surface area (Å²) in [6.07, 6.45) is 0. The predicted molar refractivity (Wildman–Crippen MR) is 36.0 cm³/mol. The number of hydrogen-bond acceptors (Lipinski definition) is 5. The molecule has 3 N–H and O–H groups in total. The van der Waals surface area contributed by atoms with Gasteiger partial charge in [0.1, 0.15) is 0 Å². The van der Waals surface area contributed by atoms with Crippen LogP contribution in [-0.4, -0.2) is 15.0 Å². The molecule has 0 bridgehead atoms. The van der Waals surface area contributed by atoms with Crippen molar-refractivity contribution in [2.75, 3.05) is 5.59 Å². The summed E-state index contributed by atoms with van der Waals surface area (Å²) in [5.74, 6) is -0.0903. The van der Waals surface area contributed by atoms with Crippen LogP contribution in [0.25, 0.3) is 0 Å². The Balaban J connectivity index is 3.23. The fourth-order valence-corrected chi connectivity index (χ4v) is 1.22. The number of rotatable bonds is 1. The van der Waals surface area contributed by atoms with E-state index in [4.69, 9.17) is 10.3 Å². The molecule has 0 spiro atoms. The monoisotopic (exact) mass is 164 g/mol. The molecule has 1 rings (SSSR count). The van der Waals surface area contributed by atoms with E-state index in [1.807, 2.05) is 0 Å². The molecule has 0 fully saturated rings. The molecule has 0 radical (unpaired) electrons. The van der Waals surface area contributed by atoms with Crippen LogP contribution < -0.4 is 5.59 Å². The largest absolute Gasteiger partial charge is 0.493 e. The smallest absolute Gasteiger partial charge is 0.224 e. The average Bonchev–Trinajstić information content (AvgIpc) is 2.12. The standard InChI is InChI=1S/C3H4N2O2S2/c6-2-1-9-3(8)5(2)4-7/h1,4,6-7H. The second kappa shape index (κ2) is 2.34. The lowest BCUT2D eigenvalue weighted by atomic mass is 10.9. The van der Waals surface area contributed by atoms with Crippen molar-refractivity contribution in [3.05, 3.63) is 9.33 Å². The van der Waals surface area contributed by atoms with Crippen molar-refractivity contribution in [3.8, 4) is 5.88 Å². The van der Waals surface area contributed by atoms with Crippen LogP contribution in [0.3, 0.4) is 0 Å². The van der Waals surface area contributed by atoms with Crippen molar-refractivity contribution >= 4 is 23.6 Å². The van der Waals surface area contributed by atoms with E-state index < -0.39 is 0 Å². The molecule has 4 nitrogen and oxygen atoms in total. The van der Waals surface area contributed by atoms with E-state index in [0.717, 1.165) is 16.0 Å². The maximum atomic E-state index is 8.82. The third-order valence-corrected chi connectivity index (χ3v) is 1.96. The third kappa shape index (κ3) is 1.04. The zero-order chi connectivity index (χ0) is 6.85. The molecule has 0 aliphatic rings. The van der Waals surface area contributed by atoms with Crippen molar-refractivity contribution in [2.45, 2.75) is 0 Å². The Morgan fingerprint density at radius 2 is 2.44 bits per heavy atom. The summed E-state index contributed by atoms with van der Waals surface area (Å²) in [6.45, 7) is 0. The molecular weight excluding hydrogens is 160 g/mol. The summed E-state index contributed by atoms with van der Waals surface area (Å²) in [6, 6.07) is 0. The molecule has 0 amide bonds. The van der Waals surface area contributed by atoms with Crippen molar-refractivity contribution in [3.63, 3.8) is 0 Å². The Morgan fingerprint density at radius 1 is 1.78 bits per heavy atom. The first kappa shape index (κ1) is 6.53. The normalized spacial score (nSPS) is 9.44. The first-order valence-corrected chi connectivity index (χ1v) is 3.34. The topological polar surface area (TPSA) is 57.4 Å². The van der Waals surface area contributed by atoms with Gasteiger partial charge in [0.25, 0.3) is 0 Å². The molecule has 0 saturated carbocycles. The van der Waals surface area contributed by atoms with E-state index in [1.54, 1.807) is 5.59 Å². The summed E-state index contributed by atoms with van der Waals surface area (Å²) >= 11 is 5.83. The van der Waals surface area contributed by atoms with Crippen LogP contribution in [0.2, 0.25) is 0 Å². The van der Waals surface area contributed by atoms with Crippen molar-refractivity contribution in [1.29, 1.82) is 0 Å². The van der Waals surface area contributed by atoms with Gasteiger partial charge < -0.3 is 5.11 Å². The highest BCUT2D eigenvalue weighted by atomic mass is 32.1. The maximum absolute atomic E-state index is 8.82. The molecule has 0 aliphatic carbocycles. The molecule has 1 heterocycles. The van der Waals surface area contributed by atoms with Gasteiger partial charge in [0, 0.05) is 0 Å². The number of thiazole rings is 1. The second-order valence-electron chi connectivity index (χ2n) is 1.30. The molecule has 0 aromatic carbocycles. The van der Waals surface area contributed by atoms with Gasteiger partial charge in [0.15, 0.2) is 3.95 Å². The highest BCUT2D eigenvalue weighted by Crippen LogP contribution is 2.13. The number of aromatic hydroxyl groups is 1. The fraction of sp³-hybridized carbons (Fsp3) is 0. The van der Waals surface area contributed by atoms with Crippen LogP contribution in [0.5, 0.6) is 5.88 Å². The Hall–Kier alpha value is -0.590. The summed E-state index contributed by atoms with van der Waals surface area (Å²) < 4.78 is 1.36. The van der Waals surface area contributed by atoms with Crippen LogP contribution in [-0.2, 0) is 0 Å². The number of hydrogen-bond donors (Lipinski definition) is 3. The summed E-state index contributed by atoms with van der Waals surface area (Å²) in [5.41, 5.74) is 1.72. The molecule has 0 saturated heterocycles. The van der Waals surface area contributed by atoms with Gasteiger partial charge in [-0.25, -0.2) is 5.59 Å². The molecule has 0 unspecified atom stereocenters. The zero-order valence-corrected chi connectivity index (χ0v) is 5.87. The highest BCUT2D eigenvalue weighted by Gasteiger charge is 1.97. The van der Waals surface area contributed by atoms with E-state index in [2.05, 4.69) is 12.2 Å².